The van der Waals surface area contributed by atoms with Gasteiger partial charge in [-0.05, 0) is 31.2 Å². The summed E-state index contributed by atoms with van der Waals surface area (Å²) in [7, 11) is 1.80. The fourth-order valence-corrected chi connectivity index (χ4v) is 4.28. The molecule has 33 heavy (non-hydrogen) atoms. The van der Waals surface area contributed by atoms with Gasteiger partial charge in [0.2, 0.25) is 0 Å². The lowest BCUT2D eigenvalue weighted by Gasteiger charge is -2.18. The number of ketones is 1. The van der Waals surface area contributed by atoms with Crippen LogP contribution in [0.3, 0.4) is 0 Å². The van der Waals surface area contributed by atoms with Crippen LogP contribution in [0.25, 0.3) is 0 Å². The molecular formula is C24H30FNO6S. The third kappa shape index (κ3) is 7.28. The molecule has 7 nitrogen and oxygen atoms in total. The summed E-state index contributed by atoms with van der Waals surface area (Å²) in [6, 6.07) is 3.37. The second kappa shape index (κ2) is 12.3. The van der Waals surface area contributed by atoms with E-state index in [0.717, 1.165) is 11.3 Å². The molecule has 0 aliphatic heterocycles. The van der Waals surface area contributed by atoms with Crippen LogP contribution in [0.4, 0.5) is 4.39 Å². The molecule has 2 aromatic rings. The van der Waals surface area contributed by atoms with Gasteiger partial charge < -0.3 is 19.6 Å². The van der Waals surface area contributed by atoms with Crippen LogP contribution in [-0.2, 0) is 4.79 Å². The number of hydrogen-bond donors (Lipinski definition) is 2. The average molecular weight is 480 g/mol. The molecule has 2 heterocycles. The van der Waals surface area contributed by atoms with Crippen LogP contribution in [0.1, 0.15) is 72.9 Å². The van der Waals surface area contributed by atoms with Gasteiger partial charge in [-0.15, -0.1) is 11.3 Å². The topological polar surface area (TPSA) is 106 Å². The second-order valence-electron chi connectivity index (χ2n) is 7.92. The van der Waals surface area contributed by atoms with Crippen molar-refractivity contribution in [2.45, 2.75) is 51.9 Å². The second-order valence-corrected chi connectivity index (χ2v) is 9.00. The molecule has 0 aliphatic carbocycles. The van der Waals surface area contributed by atoms with Crippen LogP contribution in [0.2, 0.25) is 0 Å². The van der Waals surface area contributed by atoms with Crippen LogP contribution < -0.4 is 15.7 Å². The monoisotopic (exact) mass is 479 g/mol. The van der Waals surface area contributed by atoms with Gasteiger partial charge in [0, 0.05) is 35.7 Å². The number of Topliss-reactive ketones (excluding diaryl/α,β-unsaturated/α-hetero) is 1. The Labute approximate surface area is 196 Å². The molecule has 0 aromatic carbocycles. The minimum absolute atomic E-state index is 0.0659. The first-order valence-corrected chi connectivity index (χ1v) is 11.6. The highest BCUT2D eigenvalue weighted by molar-refractivity contribution is 7.13. The molecule has 2 aromatic heterocycles. The summed E-state index contributed by atoms with van der Waals surface area (Å²) in [6.07, 6.45) is 4.92. The van der Waals surface area contributed by atoms with E-state index in [1.165, 1.54) is 17.4 Å². The zero-order chi connectivity index (χ0) is 24.5. The molecule has 2 N–H and O–H groups in total. The Kier molecular flexibility index (Phi) is 9.84. The van der Waals surface area contributed by atoms with E-state index in [0.29, 0.717) is 17.2 Å². The van der Waals surface area contributed by atoms with Crippen molar-refractivity contribution >= 4 is 23.2 Å². The largest absolute Gasteiger partial charge is 0.507 e. The number of rotatable bonds is 13. The molecule has 180 valence electrons. The van der Waals surface area contributed by atoms with Crippen molar-refractivity contribution in [1.82, 2.24) is 5.32 Å². The number of carbonyl (C=O) groups is 2. The van der Waals surface area contributed by atoms with Crippen molar-refractivity contribution in [3.8, 4) is 10.8 Å². The highest BCUT2D eigenvalue weighted by Gasteiger charge is 2.29. The summed E-state index contributed by atoms with van der Waals surface area (Å²) in [5.41, 5.74) is -1.20. The van der Waals surface area contributed by atoms with Gasteiger partial charge in [0.05, 0.1) is 13.0 Å². The zero-order valence-corrected chi connectivity index (χ0v) is 20.0. The van der Waals surface area contributed by atoms with Crippen LogP contribution in [0.5, 0.6) is 10.8 Å². The van der Waals surface area contributed by atoms with Crippen molar-refractivity contribution in [3.63, 3.8) is 0 Å². The maximum absolute atomic E-state index is 13.0. The lowest BCUT2D eigenvalue weighted by molar-refractivity contribution is -0.129. The molecule has 0 saturated carbocycles. The highest BCUT2D eigenvalue weighted by Crippen LogP contribution is 2.36. The van der Waals surface area contributed by atoms with Crippen LogP contribution in [0.15, 0.2) is 39.7 Å². The third-order valence-electron chi connectivity index (χ3n) is 5.49. The molecule has 0 radical (unpaired) electrons. The Bertz CT molecular complexity index is 1040. The number of allylic oxidation sites excluding steroid dienone is 1. The summed E-state index contributed by atoms with van der Waals surface area (Å²) < 4.78 is 23.0. The Morgan fingerprint density at radius 1 is 1.30 bits per heavy atom. The molecule has 3 atom stereocenters. The number of carbonyl (C=O) groups excluding carboxylic acids is 2. The minimum atomic E-state index is -1.44. The summed E-state index contributed by atoms with van der Waals surface area (Å²) in [5, 5.41) is 13.9. The first kappa shape index (κ1) is 26.3. The average Bonchev–Trinajstić information content (AvgIpc) is 3.23. The maximum atomic E-state index is 13.0. The number of ether oxygens (including phenoxy) is 1. The Hall–Kier alpha value is -2.94. The van der Waals surface area contributed by atoms with E-state index >= 15 is 0 Å². The quantitative estimate of drug-likeness (QED) is 0.311. The fourth-order valence-electron chi connectivity index (χ4n) is 3.25. The summed E-state index contributed by atoms with van der Waals surface area (Å²) in [5.74, 6) is -1.56. The van der Waals surface area contributed by atoms with Gasteiger partial charge >= 0.3 is 11.7 Å². The van der Waals surface area contributed by atoms with E-state index in [1.54, 1.807) is 26.1 Å². The number of hydrogen-bond acceptors (Lipinski definition) is 8. The van der Waals surface area contributed by atoms with Crippen molar-refractivity contribution in [3.05, 3.63) is 57.1 Å². The van der Waals surface area contributed by atoms with Crippen LogP contribution >= 0.6 is 11.3 Å². The molecule has 0 saturated heterocycles. The smallest absolute Gasteiger partial charge is 0.350 e. The Balaban J connectivity index is 2.11. The Morgan fingerprint density at radius 2 is 2.03 bits per heavy atom. The molecule has 0 aliphatic rings. The van der Waals surface area contributed by atoms with Gasteiger partial charge in [0.1, 0.15) is 17.1 Å². The van der Waals surface area contributed by atoms with E-state index < -0.39 is 23.4 Å². The molecule has 0 fully saturated rings. The van der Waals surface area contributed by atoms with E-state index in [-0.39, 0.29) is 36.2 Å². The normalized spacial score (nSPS) is 14.1. The van der Waals surface area contributed by atoms with Crippen molar-refractivity contribution in [1.29, 1.82) is 0 Å². The van der Waals surface area contributed by atoms with Crippen LogP contribution in [0, 0.1) is 5.92 Å². The predicted molar refractivity (Wildman–Crippen MR) is 125 cm³/mol. The molecule has 0 amide bonds. The molecular weight excluding hydrogens is 449 g/mol. The van der Waals surface area contributed by atoms with E-state index in [4.69, 9.17) is 9.15 Å². The lowest BCUT2D eigenvalue weighted by Crippen LogP contribution is -2.24. The van der Waals surface area contributed by atoms with Crippen molar-refractivity contribution in [2.24, 2.45) is 5.92 Å². The van der Waals surface area contributed by atoms with E-state index in [1.807, 2.05) is 26.1 Å². The number of nitrogens with one attached hydrogen (secondary N) is 1. The number of aromatic hydroxyl groups is 1. The van der Waals surface area contributed by atoms with Crippen LogP contribution in [-0.4, -0.2) is 30.6 Å². The highest BCUT2D eigenvalue weighted by atomic mass is 32.1. The van der Waals surface area contributed by atoms with E-state index in [2.05, 4.69) is 5.32 Å². The standard InChI is InChI=1S/C24H30FNO6S/c1-14(7-5-6-11-26-4)18-13-17(27)22(24(30)32-18)23(29)16(3)15(2)19-8-9-21(33-19)31-12-10-20(25)28/h6,8-9,11,13-16,26-27H,5,7,10,12H2,1-4H3/b11-6+. The molecule has 2 rings (SSSR count). The number of thiophene rings is 1. The van der Waals surface area contributed by atoms with Gasteiger partial charge in [-0.2, -0.15) is 4.39 Å². The first-order valence-electron chi connectivity index (χ1n) is 10.8. The first-order chi connectivity index (χ1) is 15.6. The summed E-state index contributed by atoms with van der Waals surface area (Å²) in [6.45, 7) is 5.33. The number of halogens is 1. The van der Waals surface area contributed by atoms with Gasteiger partial charge in [0.25, 0.3) is 0 Å². The lowest BCUT2D eigenvalue weighted by atomic mass is 9.87. The van der Waals surface area contributed by atoms with Gasteiger partial charge in [-0.25, -0.2) is 4.79 Å². The SMILES string of the molecule is CN/C=C/CCC(C)c1cc(O)c(C(=O)C(C)C(C)c2ccc(OCCC(=O)F)s2)c(=O)o1. The maximum Gasteiger partial charge on any atom is 0.350 e. The zero-order valence-electron chi connectivity index (χ0n) is 19.2. The molecule has 9 heteroatoms. The summed E-state index contributed by atoms with van der Waals surface area (Å²) in [4.78, 5) is 36.8. The van der Waals surface area contributed by atoms with Gasteiger partial charge in [0.15, 0.2) is 10.8 Å². The third-order valence-corrected chi connectivity index (χ3v) is 6.69. The van der Waals surface area contributed by atoms with E-state index in [9.17, 15) is 23.9 Å². The fraction of sp³-hybridized carbons (Fsp3) is 0.458. The molecule has 3 unspecified atom stereocenters. The van der Waals surface area contributed by atoms with Crippen molar-refractivity contribution in [2.75, 3.05) is 13.7 Å². The van der Waals surface area contributed by atoms with Gasteiger partial charge in [-0.1, -0.05) is 26.8 Å². The van der Waals surface area contributed by atoms with Gasteiger partial charge in [-0.3, -0.25) is 9.59 Å². The summed E-state index contributed by atoms with van der Waals surface area (Å²) >= 11 is 1.28. The van der Waals surface area contributed by atoms with Crippen molar-refractivity contribution < 1.29 is 28.2 Å². The molecule has 0 spiro atoms. The minimum Gasteiger partial charge on any atom is -0.507 e. The Morgan fingerprint density at radius 3 is 2.67 bits per heavy atom. The predicted octanol–water partition coefficient (Wildman–Crippen LogP) is 4.91. The molecule has 0 bridgehead atoms.